The number of aromatic hydroxyl groups is 1. The monoisotopic (exact) mass is 450 g/mol. The smallest absolute Gasteiger partial charge is 0.132 e. The lowest BCUT2D eigenvalue weighted by atomic mass is 9.66. The van der Waals surface area contributed by atoms with Crippen molar-refractivity contribution in [2.75, 3.05) is 0 Å². The number of fused-ring (bicyclic) bond motifs is 3. The normalized spacial score (nSPS) is 21.7. The zero-order valence-corrected chi connectivity index (χ0v) is 21.2. The molecule has 2 atom stereocenters. The van der Waals surface area contributed by atoms with Gasteiger partial charge in [-0.2, -0.15) is 0 Å². The van der Waals surface area contributed by atoms with Crippen LogP contribution in [0.2, 0.25) is 0 Å². The molecule has 0 spiro atoms. The minimum atomic E-state index is -0.280. The predicted octanol–water partition coefficient (Wildman–Crippen LogP) is 7.89. The highest BCUT2D eigenvalue weighted by Gasteiger charge is 2.46. The van der Waals surface area contributed by atoms with Crippen molar-refractivity contribution in [3.05, 3.63) is 47.6 Å². The maximum atomic E-state index is 11.3. The van der Waals surface area contributed by atoms with Gasteiger partial charge in [0.15, 0.2) is 0 Å². The van der Waals surface area contributed by atoms with E-state index in [4.69, 9.17) is 4.74 Å². The van der Waals surface area contributed by atoms with E-state index < -0.39 is 0 Å². The van der Waals surface area contributed by atoms with Gasteiger partial charge < -0.3 is 14.8 Å². The maximum Gasteiger partial charge on any atom is 0.132 e. The molecule has 2 heterocycles. The third-order valence-corrected chi connectivity index (χ3v) is 8.04. The van der Waals surface area contributed by atoms with Crippen LogP contribution >= 0.6 is 0 Å². The van der Waals surface area contributed by atoms with Crippen molar-refractivity contribution < 1.29 is 9.84 Å². The molecule has 0 fully saturated rings. The van der Waals surface area contributed by atoms with Crippen molar-refractivity contribution in [3.8, 4) is 11.5 Å². The van der Waals surface area contributed by atoms with Crippen LogP contribution in [-0.2, 0) is 5.41 Å². The number of ether oxygens (including phenoxy) is 1. The molecule has 2 aromatic rings. The second-order valence-electron chi connectivity index (χ2n) is 11.3. The van der Waals surface area contributed by atoms with Gasteiger partial charge in [-0.15, -0.1) is 0 Å². The highest BCUT2D eigenvalue weighted by molar-refractivity contribution is 5.64. The van der Waals surface area contributed by atoms with Crippen LogP contribution < -0.4 is 4.74 Å². The van der Waals surface area contributed by atoms with Crippen molar-refractivity contribution in [3.63, 3.8) is 0 Å². The number of unbranched alkanes of at least 4 members (excludes halogenated alkanes) is 5. The van der Waals surface area contributed by atoms with Crippen LogP contribution in [0.25, 0.3) is 5.57 Å². The van der Waals surface area contributed by atoms with Gasteiger partial charge in [-0.3, -0.25) is 0 Å². The molecule has 4 heteroatoms. The highest BCUT2D eigenvalue weighted by atomic mass is 16.5. The van der Waals surface area contributed by atoms with Crippen LogP contribution in [0.3, 0.4) is 0 Å². The summed E-state index contributed by atoms with van der Waals surface area (Å²) in [4.78, 5) is 7.73. The molecule has 2 unspecified atom stereocenters. The van der Waals surface area contributed by atoms with E-state index in [0.717, 1.165) is 36.4 Å². The Morgan fingerprint density at radius 3 is 2.64 bits per heavy atom. The largest absolute Gasteiger partial charge is 0.508 e. The molecular weight excluding hydrogens is 408 g/mol. The third kappa shape index (κ3) is 5.00. The van der Waals surface area contributed by atoms with Crippen molar-refractivity contribution >= 4 is 5.57 Å². The summed E-state index contributed by atoms with van der Waals surface area (Å²) in [5.41, 5.74) is 3.12. The second kappa shape index (κ2) is 9.56. The van der Waals surface area contributed by atoms with Gasteiger partial charge in [0.1, 0.15) is 22.9 Å². The molecule has 4 nitrogen and oxygen atoms in total. The number of nitrogens with one attached hydrogen (secondary N) is 1. The van der Waals surface area contributed by atoms with Crippen molar-refractivity contribution in [1.29, 1.82) is 0 Å². The van der Waals surface area contributed by atoms with E-state index >= 15 is 0 Å². The van der Waals surface area contributed by atoms with E-state index in [0.29, 0.717) is 11.7 Å². The summed E-state index contributed by atoms with van der Waals surface area (Å²) in [5, 5.41) is 11.3. The summed E-state index contributed by atoms with van der Waals surface area (Å²) in [7, 11) is 0. The van der Waals surface area contributed by atoms with Crippen LogP contribution in [-0.4, -0.2) is 20.7 Å². The van der Waals surface area contributed by atoms with Crippen molar-refractivity contribution in [1.82, 2.24) is 9.97 Å². The topological polar surface area (TPSA) is 58.1 Å². The Bertz CT molecular complexity index is 972. The fourth-order valence-corrected chi connectivity index (χ4v) is 5.91. The second-order valence-corrected chi connectivity index (χ2v) is 11.3. The zero-order chi connectivity index (χ0) is 23.6. The number of hydrogen-bond donors (Lipinski definition) is 2. The third-order valence-electron chi connectivity index (χ3n) is 8.04. The Balaban J connectivity index is 1.57. The number of phenols is 1. The number of phenolic OH excluding ortho intramolecular Hbond substituents is 1. The average molecular weight is 451 g/mol. The first-order valence-corrected chi connectivity index (χ1v) is 13.0. The molecule has 180 valence electrons. The number of rotatable bonds is 9. The number of hydrogen-bond acceptors (Lipinski definition) is 3. The number of benzene rings is 1. The molecule has 0 radical (unpaired) electrons. The summed E-state index contributed by atoms with van der Waals surface area (Å²) < 4.78 is 6.59. The summed E-state index contributed by atoms with van der Waals surface area (Å²) in [6.45, 7) is 11.3. The van der Waals surface area contributed by atoms with Gasteiger partial charge >= 0.3 is 0 Å². The minimum Gasteiger partial charge on any atom is -0.508 e. The quantitative estimate of drug-likeness (QED) is 0.382. The fourth-order valence-electron chi connectivity index (χ4n) is 5.91. The van der Waals surface area contributed by atoms with Gasteiger partial charge in [-0.25, -0.2) is 4.98 Å². The van der Waals surface area contributed by atoms with Crippen LogP contribution in [0, 0.1) is 5.92 Å². The molecule has 33 heavy (non-hydrogen) atoms. The van der Waals surface area contributed by atoms with E-state index in [1.54, 1.807) is 6.20 Å². The number of allylic oxidation sites excluding steroid dienone is 2. The van der Waals surface area contributed by atoms with Crippen molar-refractivity contribution in [2.45, 2.75) is 109 Å². The zero-order valence-electron chi connectivity index (χ0n) is 21.2. The molecule has 0 saturated heterocycles. The van der Waals surface area contributed by atoms with Gasteiger partial charge in [0, 0.05) is 29.8 Å². The van der Waals surface area contributed by atoms with Gasteiger partial charge in [0.25, 0.3) is 0 Å². The van der Waals surface area contributed by atoms with Gasteiger partial charge in [0.05, 0.1) is 0 Å². The van der Waals surface area contributed by atoms with Gasteiger partial charge in [-0.05, 0) is 61.8 Å². The molecule has 2 aliphatic rings. The SMILES string of the molecule is CCCCCCCCC(C)(C)c1cc(O)c2c(c1)OC(C)(C)C1CC=C(c3ncc[nH]3)CC21. The number of nitrogens with zero attached hydrogens (tertiary/aromatic N) is 1. The Labute approximate surface area is 199 Å². The number of H-pyrrole nitrogens is 1. The van der Waals surface area contributed by atoms with E-state index in [-0.39, 0.29) is 16.9 Å². The summed E-state index contributed by atoms with van der Waals surface area (Å²) in [5.74, 6) is 2.76. The van der Waals surface area contributed by atoms with E-state index in [9.17, 15) is 5.11 Å². The Kier molecular flexibility index (Phi) is 6.93. The summed E-state index contributed by atoms with van der Waals surface area (Å²) in [6.07, 6.45) is 16.7. The molecule has 0 saturated carbocycles. The maximum absolute atomic E-state index is 11.3. The highest BCUT2D eigenvalue weighted by Crippen LogP contribution is 2.55. The number of aromatic amines is 1. The number of imidazole rings is 1. The molecule has 0 amide bonds. The Morgan fingerprint density at radius 1 is 1.15 bits per heavy atom. The fraction of sp³-hybridized carbons (Fsp3) is 0.621. The molecule has 1 aromatic carbocycles. The lowest BCUT2D eigenvalue weighted by molar-refractivity contribution is 0.00906. The molecule has 1 aliphatic carbocycles. The van der Waals surface area contributed by atoms with Gasteiger partial charge in [0.2, 0.25) is 0 Å². The van der Waals surface area contributed by atoms with Crippen LogP contribution in [0.1, 0.15) is 115 Å². The predicted molar refractivity (Wildman–Crippen MR) is 136 cm³/mol. The van der Waals surface area contributed by atoms with E-state index in [2.05, 4.69) is 56.7 Å². The molecule has 1 aliphatic heterocycles. The summed E-state index contributed by atoms with van der Waals surface area (Å²) >= 11 is 0. The lowest BCUT2D eigenvalue weighted by Crippen LogP contribution is -2.45. The molecular formula is C29H42N2O2. The van der Waals surface area contributed by atoms with Crippen molar-refractivity contribution in [2.24, 2.45) is 5.92 Å². The first kappa shape index (κ1) is 23.9. The molecule has 0 bridgehead atoms. The standard InChI is InChI=1S/C29H42N2O2/c1-6-7-8-9-10-11-14-28(2,3)21-18-24(32)26-22-17-20(27-30-15-16-31-27)12-13-23(22)29(4,5)33-25(26)19-21/h12,15-16,18-19,22-23,32H,6-11,13-14,17H2,1-5H3,(H,30,31). The van der Waals surface area contributed by atoms with Gasteiger partial charge in [-0.1, -0.05) is 65.4 Å². The van der Waals surface area contributed by atoms with E-state index in [1.807, 2.05) is 12.3 Å². The minimum absolute atomic E-state index is 0.00736. The van der Waals surface area contributed by atoms with E-state index in [1.165, 1.54) is 49.7 Å². The molecule has 2 N–H and O–H groups in total. The lowest BCUT2D eigenvalue weighted by Gasteiger charge is -2.47. The van der Waals surface area contributed by atoms with Crippen LogP contribution in [0.4, 0.5) is 0 Å². The Hall–Kier alpha value is -2.23. The first-order valence-electron chi connectivity index (χ1n) is 13.0. The van der Waals surface area contributed by atoms with Crippen LogP contribution in [0.15, 0.2) is 30.6 Å². The molecule has 1 aromatic heterocycles. The van der Waals surface area contributed by atoms with Crippen LogP contribution in [0.5, 0.6) is 11.5 Å². The summed E-state index contributed by atoms with van der Waals surface area (Å²) in [6, 6.07) is 4.23. The average Bonchev–Trinajstić information content (AvgIpc) is 3.30. The number of aromatic nitrogens is 2. The first-order chi connectivity index (χ1) is 15.7. The Morgan fingerprint density at radius 2 is 1.91 bits per heavy atom. The molecule has 4 rings (SSSR count).